The van der Waals surface area contributed by atoms with Gasteiger partial charge in [0.15, 0.2) is 5.82 Å². The summed E-state index contributed by atoms with van der Waals surface area (Å²) in [7, 11) is 0. The van der Waals surface area contributed by atoms with E-state index in [0.717, 1.165) is 65.8 Å². The minimum Gasteiger partial charge on any atom is -0.256 e. The van der Waals surface area contributed by atoms with Gasteiger partial charge in [-0.2, -0.15) is 10.3 Å². The minimum atomic E-state index is 0.567. The number of hydrogen-bond acceptors (Lipinski definition) is 6. The highest BCUT2D eigenvalue weighted by molar-refractivity contribution is 5.78. The Hall–Kier alpha value is -3.42. The molecule has 4 aromatic rings. The second-order valence-electron chi connectivity index (χ2n) is 9.59. The zero-order valence-corrected chi connectivity index (χ0v) is 20.5. The van der Waals surface area contributed by atoms with Crippen molar-refractivity contribution in [3.8, 4) is 22.6 Å². The van der Waals surface area contributed by atoms with Crippen molar-refractivity contribution in [2.75, 3.05) is 0 Å². The lowest BCUT2D eigenvalue weighted by Crippen LogP contribution is -2.10. The molecular formula is C27H34N8. The van der Waals surface area contributed by atoms with Crippen molar-refractivity contribution in [2.24, 2.45) is 5.92 Å². The van der Waals surface area contributed by atoms with Gasteiger partial charge in [-0.15, -0.1) is 10.2 Å². The molecule has 8 heteroatoms. The number of nitrogens with zero attached hydrogens (tertiary/aromatic N) is 7. The van der Waals surface area contributed by atoms with Crippen LogP contribution in [0.5, 0.6) is 0 Å². The number of aromatic nitrogens is 8. The minimum absolute atomic E-state index is 0.567. The monoisotopic (exact) mass is 470 g/mol. The van der Waals surface area contributed by atoms with Crippen molar-refractivity contribution in [3.05, 3.63) is 59.8 Å². The van der Waals surface area contributed by atoms with E-state index >= 15 is 0 Å². The van der Waals surface area contributed by atoms with E-state index in [1.807, 2.05) is 30.5 Å². The van der Waals surface area contributed by atoms with Gasteiger partial charge >= 0.3 is 0 Å². The van der Waals surface area contributed by atoms with E-state index in [9.17, 15) is 0 Å². The molecule has 1 aromatic carbocycles. The maximum absolute atomic E-state index is 5.00. The highest BCUT2D eigenvalue weighted by atomic mass is 15.5. The Morgan fingerprint density at radius 3 is 2.60 bits per heavy atom. The SMILES string of the molecule is CCCCCn1nc(CC2CCCCC2)nc1Cc1ccc(-c2ccccc2-c2nn[nH]n2)nc1. The smallest absolute Gasteiger partial charge is 0.205 e. The molecule has 35 heavy (non-hydrogen) atoms. The van der Waals surface area contributed by atoms with Crippen molar-refractivity contribution in [1.82, 2.24) is 40.4 Å². The van der Waals surface area contributed by atoms with E-state index < -0.39 is 0 Å². The summed E-state index contributed by atoms with van der Waals surface area (Å²) in [5, 5.41) is 19.4. The number of H-pyrrole nitrogens is 1. The van der Waals surface area contributed by atoms with Crippen LogP contribution in [0.2, 0.25) is 0 Å². The fourth-order valence-corrected chi connectivity index (χ4v) is 5.03. The van der Waals surface area contributed by atoms with E-state index in [1.165, 1.54) is 44.9 Å². The van der Waals surface area contributed by atoms with Gasteiger partial charge < -0.3 is 0 Å². The second-order valence-corrected chi connectivity index (χ2v) is 9.59. The van der Waals surface area contributed by atoms with Crippen LogP contribution in [0.15, 0.2) is 42.6 Å². The third-order valence-electron chi connectivity index (χ3n) is 6.94. The molecule has 1 N–H and O–H groups in total. The first-order valence-electron chi connectivity index (χ1n) is 13.0. The first-order chi connectivity index (χ1) is 17.3. The zero-order chi connectivity index (χ0) is 23.9. The van der Waals surface area contributed by atoms with E-state index in [0.29, 0.717) is 5.82 Å². The van der Waals surface area contributed by atoms with Gasteiger partial charge in [-0.25, -0.2) is 9.67 Å². The molecule has 182 valence electrons. The van der Waals surface area contributed by atoms with Gasteiger partial charge in [0.05, 0.1) is 5.69 Å². The molecular weight excluding hydrogens is 436 g/mol. The number of benzene rings is 1. The molecule has 0 saturated heterocycles. The highest BCUT2D eigenvalue weighted by Crippen LogP contribution is 2.29. The Bertz CT molecular complexity index is 1190. The van der Waals surface area contributed by atoms with E-state index in [1.54, 1.807) is 0 Å². The van der Waals surface area contributed by atoms with Crippen LogP contribution in [0.4, 0.5) is 0 Å². The standard InChI is InChI=1S/C27H34N8/c1-2-3-9-16-35-26(29-25(32-35)17-20-10-5-4-6-11-20)18-21-14-15-24(28-19-21)22-12-7-8-13-23(22)27-30-33-34-31-27/h7-8,12-15,19-20H,2-6,9-11,16-18H2,1H3,(H,30,31,33,34). The molecule has 1 aliphatic carbocycles. The summed E-state index contributed by atoms with van der Waals surface area (Å²) in [4.78, 5) is 9.78. The lowest BCUT2D eigenvalue weighted by atomic mass is 9.87. The van der Waals surface area contributed by atoms with Crippen molar-refractivity contribution in [2.45, 2.75) is 77.7 Å². The number of unbranched alkanes of at least 4 members (excludes halogenated alkanes) is 2. The van der Waals surface area contributed by atoms with E-state index in [4.69, 9.17) is 15.1 Å². The van der Waals surface area contributed by atoms with Crippen LogP contribution in [0.1, 0.15) is 75.5 Å². The lowest BCUT2D eigenvalue weighted by molar-refractivity contribution is 0.351. The summed E-state index contributed by atoms with van der Waals surface area (Å²) in [6.07, 6.45) is 14.0. The van der Waals surface area contributed by atoms with Gasteiger partial charge in [0.25, 0.3) is 0 Å². The molecule has 0 amide bonds. The third-order valence-corrected chi connectivity index (χ3v) is 6.94. The average molecular weight is 471 g/mol. The van der Waals surface area contributed by atoms with Crippen LogP contribution < -0.4 is 0 Å². The van der Waals surface area contributed by atoms with Gasteiger partial charge in [-0.3, -0.25) is 4.98 Å². The van der Waals surface area contributed by atoms with Gasteiger partial charge in [0, 0.05) is 36.7 Å². The predicted molar refractivity (Wildman–Crippen MR) is 135 cm³/mol. The molecule has 0 atom stereocenters. The number of aromatic amines is 1. The van der Waals surface area contributed by atoms with Crippen LogP contribution in [0.3, 0.4) is 0 Å². The van der Waals surface area contributed by atoms with Crippen molar-refractivity contribution in [3.63, 3.8) is 0 Å². The first kappa shape index (κ1) is 23.3. The molecule has 0 bridgehead atoms. The molecule has 0 aliphatic heterocycles. The summed E-state index contributed by atoms with van der Waals surface area (Å²) in [6, 6.07) is 12.2. The third kappa shape index (κ3) is 5.81. The van der Waals surface area contributed by atoms with E-state index in [2.05, 4.69) is 44.4 Å². The summed E-state index contributed by atoms with van der Waals surface area (Å²) >= 11 is 0. The van der Waals surface area contributed by atoms with Gasteiger partial charge in [0.1, 0.15) is 5.82 Å². The molecule has 1 saturated carbocycles. The van der Waals surface area contributed by atoms with Gasteiger partial charge in [-0.05, 0) is 29.2 Å². The Morgan fingerprint density at radius 1 is 1.00 bits per heavy atom. The van der Waals surface area contributed by atoms with Crippen LogP contribution in [0.25, 0.3) is 22.6 Å². The Morgan fingerprint density at radius 2 is 1.86 bits per heavy atom. The second kappa shape index (κ2) is 11.3. The normalized spacial score (nSPS) is 14.4. The summed E-state index contributed by atoms with van der Waals surface area (Å²) in [5.41, 5.74) is 3.91. The fraction of sp³-hybridized carbons (Fsp3) is 0.481. The molecule has 1 aliphatic rings. The van der Waals surface area contributed by atoms with Crippen molar-refractivity contribution >= 4 is 0 Å². The number of tetrazole rings is 1. The number of rotatable bonds is 10. The highest BCUT2D eigenvalue weighted by Gasteiger charge is 2.18. The average Bonchev–Trinajstić information content (AvgIpc) is 3.56. The molecule has 5 rings (SSSR count). The van der Waals surface area contributed by atoms with Gasteiger partial charge in [-0.1, -0.05) is 82.2 Å². The van der Waals surface area contributed by atoms with Crippen LogP contribution in [-0.4, -0.2) is 40.4 Å². The fourth-order valence-electron chi connectivity index (χ4n) is 5.03. The number of nitrogens with one attached hydrogen (secondary N) is 1. The number of pyridine rings is 1. The van der Waals surface area contributed by atoms with Crippen molar-refractivity contribution < 1.29 is 0 Å². The Kier molecular flexibility index (Phi) is 7.56. The van der Waals surface area contributed by atoms with Crippen molar-refractivity contribution in [1.29, 1.82) is 0 Å². The van der Waals surface area contributed by atoms with Crippen LogP contribution in [-0.2, 0) is 19.4 Å². The van der Waals surface area contributed by atoms with E-state index in [-0.39, 0.29) is 0 Å². The first-order valence-corrected chi connectivity index (χ1v) is 13.0. The molecule has 0 radical (unpaired) electrons. The number of hydrogen-bond donors (Lipinski definition) is 1. The van der Waals surface area contributed by atoms with Gasteiger partial charge in [0.2, 0.25) is 5.82 Å². The number of aryl methyl sites for hydroxylation is 1. The molecule has 3 aromatic heterocycles. The lowest BCUT2D eigenvalue weighted by Gasteiger charge is -2.19. The Labute approximate surface area is 206 Å². The molecule has 8 nitrogen and oxygen atoms in total. The topological polar surface area (TPSA) is 98.1 Å². The van der Waals surface area contributed by atoms with Crippen LogP contribution >= 0.6 is 0 Å². The molecule has 1 fully saturated rings. The zero-order valence-electron chi connectivity index (χ0n) is 20.5. The molecule has 3 heterocycles. The maximum atomic E-state index is 5.00. The molecule has 0 spiro atoms. The summed E-state index contributed by atoms with van der Waals surface area (Å²) in [5.74, 6) is 3.37. The summed E-state index contributed by atoms with van der Waals surface area (Å²) < 4.78 is 2.15. The summed E-state index contributed by atoms with van der Waals surface area (Å²) in [6.45, 7) is 3.17. The quantitative estimate of drug-likeness (QED) is 0.311. The largest absolute Gasteiger partial charge is 0.256 e. The van der Waals surface area contributed by atoms with Crippen LogP contribution in [0, 0.1) is 5.92 Å². The molecule has 0 unspecified atom stereocenters. The Balaban J connectivity index is 1.34. The predicted octanol–water partition coefficient (Wildman–Crippen LogP) is 5.42. The maximum Gasteiger partial charge on any atom is 0.205 e.